The first-order valence-electron chi connectivity index (χ1n) is 5.66. The standard InChI is InChI=1S/C13H20O4/c1-10(14)12-6-5-11(16-3)9-13(12)17-8-4-7-15-2/h5-6,9-10,14H,4,7-8H2,1-3H3/t10-/m0/s1. The van der Waals surface area contributed by atoms with E-state index < -0.39 is 6.10 Å². The highest BCUT2D eigenvalue weighted by Gasteiger charge is 2.10. The Kier molecular flexibility index (Phi) is 5.80. The summed E-state index contributed by atoms with van der Waals surface area (Å²) in [6, 6.07) is 5.41. The van der Waals surface area contributed by atoms with E-state index >= 15 is 0 Å². The first kappa shape index (κ1) is 13.8. The second kappa shape index (κ2) is 7.14. The smallest absolute Gasteiger partial charge is 0.128 e. The minimum atomic E-state index is -0.557. The number of benzene rings is 1. The van der Waals surface area contributed by atoms with Gasteiger partial charge in [-0.25, -0.2) is 0 Å². The molecule has 1 atom stereocenters. The molecule has 0 aliphatic heterocycles. The Labute approximate surface area is 102 Å². The molecule has 0 aliphatic rings. The number of ether oxygens (including phenoxy) is 3. The quantitative estimate of drug-likeness (QED) is 0.742. The van der Waals surface area contributed by atoms with E-state index in [1.807, 2.05) is 12.1 Å². The molecule has 0 radical (unpaired) electrons. The zero-order valence-electron chi connectivity index (χ0n) is 10.6. The Balaban J connectivity index is 2.71. The third-order valence-electron chi connectivity index (χ3n) is 2.42. The van der Waals surface area contributed by atoms with Crippen LogP contribution in [0.2, 0.25) is 0 Å². The van der Waals surface area contributed by atoms with E-state index in [1.54, 1.807) is 27.2 Å². The van der Waals surface area contributed by atoms with Gasteiger partial charge in [-0.15, -0.1) is 0 Å². The number of aliphatic hydroxyl groups excluding tert-OH is 1. The van der Waals surface area contributed by atoms with Crippen molar-refractivity contribution in [2.45, 2.75) is 19.4 Å². The molecular weight excluding hydrogens is 220 g/mol. The summed E-state index contributed by atoms with van der Waals surface area (Å²) in [7, 11) is 3.26. The number of aliphatic hydroxyl groups is 1. The monoisotopic (exact) mass is 240 g/mol. The summed E-state index contributed by atoms with van der Waals surface area (Å²) in [5, 5.41) is 9.63. The molecule has 0 fully saturated rings. The molecule has 0 unspecified atom stereocenters. The molecule has 0 amide bonds. The second-order valence-corrected chi connectivity index (χ2v) is 3.77. The van der Waals surface area contributed by atoms with Crippen LogP contribution < -0.4 is 9.47 Å². The van der Waals surface area contributed by atoms with Crippen LogP contribution in [-0.2, 0) is 4.74 Å². The summed E-state index contributed by atoms with van der Waals surface area (Å²) < 4.78 is 15.7. The van der Waals surface area contributed by atoms with Crippen molar-refractivity contribution in [3.8, 4) is 11.5 Å². The van der Waals surface area contributed by atoms with E-state index in [0.717, 1.165) is 17.7 Å². The van der Waals surface area contributed by atoms with Gasteiger partial charge in [-0.1, -0.05) is 0 Å². The molecule has 1 rings (SSSR count). The minimum absolute atomic E-state index is 0.556. The molecule has 0 saturated carbocycles. The Hall–Kier alpha value is -1.26. The van der Waals surface area contributed by atoms with Gasteiger partial charge >= 0.3 is 0 Å². The van der Waals surface area contributed by atoms with Crippen LogP contribution in [0.25, 0.3) is 0 Å². The van der Waals surface area contributed by atoms with E-state index in [4.69, 9.17) is 14.2 Å². The third kappa shape index (κ3) is 4.24. The molecule has 1 aromatic rings. The molecule has 0 aliphatic carbocycles. The van der Waals surface area contributed by atoms with Crippen LogP contribution in [0.3, 0.4) is 0 Å². The molecule has 0 bridgehead atoms. The molecule has 0 aromatic heterocycles. The highest BCUT2D eigenvalue weighted by molar-refractivity contribution is 5.41. The van der Waals surface area contributed by atoms with Crippen molar-refractivity contribution >= 4 is 0 Å². The normalized spacial score (nSPS) is 12.2. The van der Waals surface area contributed by atoms with Gasteiger partial charge in [-0.2, -0.15) is 0 Å². The van der Waals surface area contributed by atoms with Crippen molar-refractivity contribution < 1.29 is 19.3 Å². The molecule has 0 saturated heterocycles. The summed E-state index contributed by atoms with van der Waals surface area (Å²) in [5.74, 6) is 1.38. The van der Waals surface area contributed by atoms with Gasteiger partial charge in [0.1, 0.15) is 11.5 Å². The maximum absolute atomic E-state index is 9.63. The Morgan fingerprint density at radius 1 is 1.24 bits per heavy atom. The van der Waals surface area contributed by atoms with Crippen LogP contribution in [0.4, 0.5) is 0 Å². The third-order valence-corrected chi connectivity index (χ3v) is 2.42. The van der Waals surface area contributed by atoms with Crippen molar-refractivity contribution in [1.29, 1.82) is 0 Å². The number of hydrogen-bond donors (Lipinski definition) is 1. The van der Waals surface area contributed by atoms with Gasteiger partial charge in [0.25, 0.3) is 0 Å². The first-order chi connectivity index (χ1) is 8.19. The molecule has 4 nitrogen and oxygen atoms in total. The van der Waals surface area contributed by atoms with E-state index in [2.05, 4.69) is 0 Å². The predicted octanol–water partition coefficient (Wildman–Crippen LogP) is 2.16. The Morgan fingerprint density at radius 3 is 2.59 bits per heavy atom. The predicted molar refractivity (Wildman–Crippen MR) is 65.6 cm³/mol. The van der Waals surface area contributed by atoms with Gasteiger partial charge in [0.15, 0.2) is 0 Å². The maximum atomic E-state index is 9.63. The zero-order chi connectivity index (χ0) is 12.7. The molecule has 0 heterocycles. The van der Waals surface area contributed by atoms with Crippen molar-refractivity contribution in [3.05, 3.63) is 23.8 Å². The van der Waals surface area contributed by atoms with Gasteiger partial charge in [-0.05, 0) is 19.1 Å². The van der Waals surface area contributed by atoms with Gasteiger partial charge in [0.2, 0.25) is 0 Å². The fourth-order valence-corrected chi connectivity index (χ4v) is 1.50. The summed E-state index contributed by atoms with van der Waals surface area (Å²) in [4.78, 5) is 0. The topological polar surface area (TPSA) is 47.9 Å². The van der Waals surface area contributed by atoms with E-state index in [9.17, 15) is 5.11 Å². The number of rotatable bonds is 7. The van der Waals surface area contributed by atoms with Gasteiger partial charge in [-0.3, -0.25) is 0 Å². The molecule has 17 heavy (non-hydrogen) atoms. The molecule has 96 valence electrons. The van der Waals surface area contributed by atoms with Gasteiger partial charge in [0, 0.05) is 31.8 Å². The van der Waals surface area contributed by atoms with Crippen LogP contribution in [-0.4, -0.2) is 32.5 Å². The number of methoxy groups -OCH3 is 2. The fraction of sp³-hybridized carbons (Fsp3) is 0.538. The average Bonchev–Trinajstić information content (AvgIpc) is 2.34. The fourth-order valence-electron chi connectivity index (χ4n) is 1.50. The van der Waals surface area contributed by atoms with Crippen LogP contribution in [0.15, 0.2) is 18.2 Å². The van der Waals surface area contributed by atoms with Crippen molar-refractivity contribution in [1.82, 2.24) is 0 Å². The van der Waals surface area contributed by atoms with E-state index in [1.165, 1.54) is 0 Å². The largest absolute Gasteiger partial charge is 0.497 e. The lowest BCUT2D eigenvalue weighted by Gasteiger charge is -2.14. The molecule has 4 heteroatoms. The molecule has 1 aromatic carbocycles. The minimum Gasteiger partial charge on any atom is -0.497 e. The molecule has 1 N–H and O–H groups in total. The highest BCUT2D eigenvalue weighted by Crippen LogP contribution is 2.29. The summed E-state index contributed by atoms with van der Waals surface area (Å²) in [6.45, 7) is 2.93. The van der Waals surface area contributed by atoms with Crippen LogP contribution in [0.1, 0.15) is 25.0 Å². The van der Waals surface area contributed by atoms with Gasteiger partial charge < -0.3 is 19.3 Å². The second-order valence-electron chi connectivity index (χ2n) is 3.77. The summed E-state index contributed by atoms with van der Waals surface area (Å²) in [5.41, 5.74) is 0.767. The van der Waals surface area contributed by atoms with Crippen LogP contribution in [0.5, 0.6) is 11.5 Å². The van der Waals surface area contributed by atoms with Crippen molar-refractivity contribution in [3.63, 3.8) is 0 Å². The van der Waals surface area contributed by atoms with Gasteiger partial charge in [0.05, 0.1) is 19.8 Å². The lowest BCUT2D eigenvalue weighted by molar-refractivity contribution is 0.166. The average molecular weight is 240 g/mol. The van der Waals surface area contributed by atoms with E-state index in [-0.39, 0.29) is 0 Å². The van der Waals surface area contributed by atoms with Crippen molar-refractivity contribution in [2.75, 3.05) is 27.4 Å². The SMILES string of the molecule is COCCCOc1cc(OC)ccc1[C@H](C)O. The van der Waals surface area contributed by atoms with Crippen LogP contribution in [0, 0.1) is 0 Å². The van der Waals surface area contributed by atoms with Crippen molar-refractivity contribution in [2.24, 2.45) is 0 Å². The van der Waals surface area contributed by atoms with Crippen LogP contribution >= 0.6 is 0 Å². The number of hydrogen-bond acceptors (Lipinski definition) is 4. The Bertz CT molecular complexity index is 336. The molecular formula is C13H20O4. The lowest BCUT2D eigenvalue weighted by Crippen LogP contribution is -2.05. The first-order valence-corrected chi connectivity index (χ1v) is 5.66. The zero-order valence-corrected chi connectivity index (χ0v) is 10.6. The Morgan fingerprint density at radius 2 is 2.00 bits per heavy atom. The summed E-state index contributed by atoms with van der Waals surface area (Å²) >= 11 is 0. The lowest BCUT2D eigenvalue weighted by atomic mass is 10.1. The highest BCUT2D eigenvalue weighted by atomic mass is 16.5. The van der Waals surface area contributed by atoms with E-state index in [0.29, 0.717) is 19.0 Å². The molecule has 0 spiro atoms. The maximum Gasteiger partial charge on any atom is 0.128 e. The summed E-state index contributed by atoms with van der Waals surface area (Å²) in [6.07, 6.45) is 0.255.